The molecule has 0 unspecified atom stereocenters. The van der Waals surface area contributed by atoms with Crippen molar-refractivity contribution in [3.8, 4) is 0 Å². The van der Waals surface area contributed by atoms with Crippen LogP contribution in [0.1, 0.15) is 31.5 Å². The van der Waals surface area contributed by atoms with Crippen molar-refractivity contribution < 1.29 is 12.8 Å². The molecule has 0 aliphatic heterocycles. The summed E-state index contributed by atoms with van der Waals surface area (Å²) in [5.74, 6) is 0. The van der Waals surface area contributed by atoms with Gasteiger partial charge in [0.15, 0.2) is 0 Å². The number of alkyl halides is 1. The van der Waals surface area contributed by atoms with Crippen LogP contribution >= 0.6 is 0 Å². The van der Waals surface area contributed by atoms with Gasteiger partial charge in [0.05, 0.1) is 23.8 Å². The Morgan fingerprint density at radius 2 is 1.78 bits per heavy atom. The van der Waals surface area contributed by atoms with Crippen molar-refractivity contribution in [3.63, 3.8) is 0 Å². The van der Waals surface area contributed by atoms with E-state index in [0.717, 1.165) is 25.2 Å². The van der Waals surface area contributed by atoms with E-state index >= 15 is 0 Å². The van der Waals surface area contributed by atoms with Crippen LogP contribution < -0.4 is 0 Å². The number of hydrogen-bond donors (Lipinski definition) is 0. The fourth-order valence-corrected chi connectivity index (χ4v) is 3.85. The second-order valence-corrected chi connectivity index (χ2v) is 8.43. The third kappa shape index (κ3) is 5.82. The van der Waals surface area contributed by atoms with Crippen LogP contribution in [0.15, 0.2) is 35.4 Å². The van der Waals surface area contributed by atoms with Crippen LogP contribution in [0.25, 0.3) is 0 Å². The highest BCUT2D eigenvalue weighted by Crippen LogP contribution is 2.17. The molecule has 0 aliphatic carbocycles. The van der Waals surface area contributed by atoms with E-state index in [1.54, 1.807) is 18.3 Å². The summed E-state index contributed by atoms with van der Waals surface area (Å²) in [6.45, 7) is 7.01. The van der Waals surface area contributed by atoms with Crippen LogP contribution in [-0.2, 0) is 29.7 Å². The van der Waals surface area contributed by atoms with Gasteiger partial charge in [-0.05, 0) is 37.2 Å². The molecule has 0 radical (unpaired) electrons. The summed E-state index contributed by atoms with van der Waals surface area (Å²) in [5, 5.41) is 7.85. The van der Waals surface area contributed by atoms with Crippen molar-refractivity contribution in [1.29, 1.82) is 0 Å². The van der Waals surface area contributed by atoms with Crippen LogP contribution in [0.5, 0.6) is 0 Å². The molecule has 0 fully saturated rings. The lowest BCUT2D eigenvalue weighted by atomic mass is 10.2. The van der Waals surface area contributed by atoms with Gasteiger partial charge in [0.2, 0.25) is 10.0 Å². The summed E-state index contributed by atoms with van der Waals surface area (Å²) in [6, 6.07) is 6.99. The van der Waals surface area contributed by atoms with Gasteiger partial charge >= 0.3 is 0 Å². The summed E-state index contributed by atoms with van der Waals surface area (Å²) in [5.41, 5.74) is 1.61. The van der Waals surface area contributed by atoms with Crippen LogP contribution in [0.4, 0.5) is 4.39 Å². The van der Waals surface area contributed by atoms with Gasteiger partial charge in [-0.3, -0.25) is 14.0 Å². The topological polar surface area (TPSA) is 71.3 Å². The molecule has 9 heteroatoms. The second-order valence-electron chi connectivity index (χ2n) is 6.38. The number of rotatable bonds is 11. The molecular weight excluding hydrogens is 369 g/mol. The first-order chi connectivity index (χ1) is 12.9. The normalized spacial score (nSPS) is 12.2. The highest BCUT2D eigenvalue weighted by molar-refractivity contribution is 7.89. The maximum absolute atomic E-state index is 12.8. The minimum atomic E-state index is -3.62. The fourth-order valence-electron chi connectivity index (χ4n) is 2.71. The van der Waals surface area contributed by atoms with Crippen molar-refractivity contribution >= 4 is 10.0 Å². The standard InChI is InChI=1S/C18H28FN5O2S/c1-4-23(5-2)13-16-7-9-18(10-8-16)27(25,26)22(3)14-17-15-24(21-20-17)12-6-11-19/h7-10,15H,4-6,11-14H2,1-3H3. The van der Waals surface area contributed by atoms with E-state index in [4.69, 9.17) is 0 Å². The zero-order chi connectivity index (χ0) is 19.9. The van der Waals surface area contributed by atoms with Gasteiger partial charge in [-0.1, -0.05) is 31.2 Å². The van der Waals surface area contributed by atoms with Crippen LogP contribution in [-0.4, -0.2) is 59.4 Å². The molecule has 150 valence electrons. The van der Waals surface area contributed by atoms with Crippen molar-refractivity contribution in [3.05, 3.63) is 41.7 Å². The molecule has 7 nitrogen and oxygen atoms in total. The number of aryl methyl sites for hydroxylation is 1. The maximum atomic E-state index is 12.8. The van der Waals surface area contributed by atoms with Crippen molar-refractivity contribution in [2.75, 3.05) is 26.8 Å². The summed E-state index contributed by atoms with van der Waals surface area (Å²) in [6.07, 6.45) is 2.01. The highest BCUT2D eigenvalue weighted by atomic mass is 32.2. The second kappa shape index (κ2) is 9.91. The molecule has 0 bridgehead atoms. The molecule has 27 heavy (non-hydrogen) atoms. The quantitative estimate of drug-likeness (QED) is 0.582. The Morgan fingerprint density at radius 1 is 1.11 bits per heavy atom. The molecule has 0 aliphatic rings. The Bertz CT molecular complexity index is 803. The summed E-state index contributed by atoms with van der Waals surface area (Å²) < 4.78 is 40.5. The van der Waals surface area contributed by atoms with Gasteiger partial charge in [0, 0.05) is 26.3 Å². The van der Waals surface area contributed by atoms with Crippen LogP contribution in [0, 0.1) is 0 Å². The Hall–Kier alpha value is -1.84. The first-order valence-electron chi connectivity index (χ1n) is 9.13. The molecule has 0 saturated carbocycles. The summed E-state index contributed by atoms with van der Waals surface area (Å²) in [4.78, 5) is 2.51. The fraction of sp³-hybridized carbons (Fsp3) is 0.556. The first kappa shape index (κ1) is 21.5. The molecule has 1 aromatic heterocycles. The Kier molecular flexibility index (Phi) is 7.88. The van der Waals surface area contributed by atoms with Crippen LogP contribution in [0.3, 0.4) is 0 Å². The van der Waals surface area contributed by atoms with E-state index in [1.165, 1.54) is 16.0 Å². The van der Waals surface area contributed by atoms with Gasteiger partial charge in [-0.25, -0.2) is 8.42 Å². The lowest BCUT2D eigenvalue weighted by Gasteiger charge is -2.19. The molecule has 0 saturated heterocycles. The zero-order valence-corrected chi connectivity index (χ0v) is 17.0. The van der Waals surface area contributed by atoms with E-state index in [-0.39, 0.29) is 11.4 Å². The number of halogens is 1. The Balaban J connectivity index is 2.04. The zero-order valence-electron chi connectivity index (χ0n) is 16.2. The molecule has 0 spiro atoms. The third-order valence-electron chi connectivity index (χ3n) is 4.42. The predicted molar refractivity (Wildman–Crippen MR) is 102 cm³/mol. The maximum Gasteiger partial charge on any atom is 0.243 e. The van der Waals surface area contributed by atoms with Crippen LogP contribution in [0.2, 0.25) is 0 Å². The largest absolute Gasteiger partial charge is 0.300 e. The minimum Gasteiger partial charge on any atom is -0.300 e. The van der Waals surface area contributed by atoms with Gasteiger partial charge in [-0.2, -0.15) is 4.31 Å². The highest BCUT2D eigenvalue weighted by Gasteiger charge is 2.22. The minimum absolute atomic E-state index is 0.110. The van der Waals surface area contributed by atoms with Gasteiger partial charge in [0.1, 0.15) is 0 Å². The Morgan fingerprint density at radius 3 is 2.37 bits per heavy atom. The van der Waals surface area contributed by atoms with Gasteiger partial charge in [0.25, 0.3) is 0 Å². The lowest BCUT2D eigenvalue weighted by molar-refractivity contribution is 0.296. The predicted octanol–water partition coefficient (Wildman–Crippen LogP) is 2.30. The number of benzene rings is 1. The molecule has 2 aromatic rings. The smallest absolute Gasteiger partial charge is 0.243 e. The molecular formula is C18H28FN5O2S. The van der Waals surface area contributed by atoms with E-state index < -0.39 is 16.7 Å². The van der Waals surface area contributed by atoms with Crippen molar-refractivity contribution in [2.45, 2.75) is 44.8 Å². The number of sulfonamides is 1. The SMILES string of the molecule is CCN(CC)Cc1ccc(S(=O)(=O)N(C)Cc2cn(CCCF)nn2)cc1. The van der Waals surface area contributed by atoms with Crippen molar-refractivity contribution in [2.24, 2.45) is 0 Å². The third-order valence-corrected chi connectivity index (χ3v) is 6.24. The molecule has 1 aromatic carbocycles. The average Bonchev–Trinajstić information content (AvgIpc) is 3.12. The molecule has 0 amide bonds. The Labute approximate surface area is 160 Å². The lowest BCUT2D eigenvalue weighted by Crippen LogP contribution is -2.27. The van der Waals surface area contributed by atoms with E-state index in [0.29, 0.717) is 18.7 Å². The van der Waals surface area contributed by atoms with Crippen molar-refractivity contribution in [1.82, 2.24) is 24.2 Å². The molecule has 0 N–H and O–H groups in total. The van der Waals surface area contributed by atoms with E-state index in [1.807, 2.05) is 12.1 Å². The summed E-state index contributed by atoms with van der Waals surface area (Å²) in [7, 11) is -2.10. The van der Waals surface area contributed by atoms with E-state index in [2.05, 4.69) is 29.1 Å². The molecule has 0 atom stereocenters. The first-order valence-corrected chi connectivity index (χ1v) is 10.6. The number of nitrogens with zero attached hydrogens (tertiary/aromatic N) is 5. The number of hydrogen-bond acceptors (Lipinski definition) is 5. The summed E-state index contributed by atoms with van der Waals surface area (Å²) >= 11 is 0. The monoisotopic (exact) mass is 397 g/mol. The van der Waals surface area contributed by atoms with Gasteiger partial charge < -0.3 is 0 Å². The number of aromatic nitrogens is 3. The van der Waals surface area contributed by atoms with E-state index in [9.17, 15) is 12.8 Å². The molecule has 2 rings (SSSR count). The van der Waals surface area contributed by atoms with Gasteiger partial charge in [-0.15, -0.1) is 5.10 Å². The molecule has 1 heterocycles. The average molecular weight is 398 g/mol.